The molecule has 0 radical (unpaired) electrons. The predicted octanol–water partition coefficient (Wildman–Crippen LogP) is 3.41. The van der Waals surface area contributed by atoms with Crippen LogP contribution >= 0.6 is 15.9 Å². The molecule has 72 valence electrons. The Morgan fingerprint density at radius 1 is 1.54 bits per heavy atom. The Bertz CT molecular complexity index is 291. The van der Waals surface area contributed by atoms with Gasteiger partial charge < -0.3 is 5.21 Å². The largest absolute Gasteiger partial charge is 0.498 e. The van der Waals surface area contributed by atoms with Gasteiger partial charge >= 0.3 is 6.07 Å². The summed E-state index contributed by atoms with van der Waals surface area (Å²) < 4.78 is 0. The summed E-state index contributed by atoms with van der Waals surface area (Å²) >= 11 is 3.67. The van der Waals surface area contributed by atoms with Crippen LogP contribution in [-0.4, -0.2) is 4.83 Å². The summed E-state index contributed by atoms with van der Waals surface area (Å²) in [5, 5.41) is 13.3. The Morgan fingerprint density at radius 3 is 2.62 bits per heavy atom. The molecular weight excluding hydrogens is 230 g/mol. The van der Waals surface area contributed by atoms with Gasteiger partial charge in [0.05, 0.1) is 0 Å². The second-order valence-corrected chi connectivity index (χ2v) is 5.94. The topological polar surface area (TPSA) is 27.4 Å². The van der Waals surface area contributed by atoms with Crippen LogP contribution in [0.25, 0.3) is 5.01 Å². The Kier molecular flexibility index (Phi) is 1.89. The smallest absolute Gasteiger partial charge is 0.306 e. The molecule has 2 unspecified atom stereocenters. The van der Waals surface area contributed by atoms with E-state index in [-0.39, 0.29) is 10.8 Å². The first-order valence-electron chi connectivity index (χ1n) is 4.78. The first kappa shape index (κ1) is 9.33. The van der Waals surface area contributed by atoms with E-state index in [2.05, 4.69) is 40.9 Å². The van der Waals surface area contributed by atoms with Crippen molar-refractivity contribution in [3.63, 3.8) is 0 Å². The molecule has 0 amide bonds. The van der Waals surface area contributed by atoms with Gasteiger partial charge in [0.1, 0.15) is 5.41 Å². The van der Waals surface area contributed by atoms with Gasteiger partial charge in [-0.05, 0) is 30.6 Å². The molecule has 0 spiro atoms. The Hall–Kier alpha value is -0.230. The normalized spacial score (nSPS) is 45.8. The quantitative estimate of drug-likeness (QED) is 0.474. The second-order valence-electron chi connectivity index (χ2n) is 4.83. The monoisotopic (exact) mass is 243 g/mol. The molecule has 2 fully saturated rings. The standard InChI is InChI=1S/C10H14BrNO/c1-9(2)7-3-4-10(9,6-12-13)8(11)5-7/h7-8H,3-5H2,1-2H3/t7?,8-,10?/m0/s1. The Morgan fingerprint density at radius 2 is 2.23 bits per heavy atom. The number of fused-ring (bicyclic) bond motifs is 2. The molecule has 0 N–H and O–H groups in total. The number of nitrogens with zero attached hydrogens (tertiary/aromatic N) is 1. The van der Waals surface area contributed by atoms with Crippen molar-refractivity contribution in [3.05, 3.63) is 10.2 Å². The average Bonchev–Trinajstić information content (AvgIpc) is 2.38. The van der Waals surface area contributed by atoms with Crippen LogP contribution in [0.5, 0.6) is 0 Å². The number of rotatable bonds is 0. The highest BCUT2D eigenvalue weighted by Crippen LogP contribution is 2.67. The number of alkyl halides is 1. The molecule has 2 aliphatic rings. The molecule has 2 bridgehead atoms. The van der Waals surface area contributed by atoms with Gasteiger partial charge in [-0.3, -0.25) is 0 Å². The maximum absolute atomic E-state index is 10.4. The van der Waals surface area contributed by atoms with E-state index >= 15 is 0 Å². The molecule has 0 aromatic rings. The Balaban J connectivity index is 2.47. The molecule has 0 aromatic heterocycles. The maximum atomic E-state index is 10.4. The number of halogens is 1. The van der Waals surface area contributed by atoms with Crippen molar-refractivity contribution in [1.82, 2.24) is 0 Å². The first-order valence-corrected chi connectivity index (χ1v) is 5.70. The molecule has 0 aromatic carbocycles. The SMILES string of the molecule is CC1(C)C2CCC1(C#[N+][O-])[C@@H](Br)C2. The van der Waals surface area contributed by atoms with Gasteiger partial charge in [0.2, 0.25) is 0 Å². The van der Waals surface area contributed by atoms with Gasteiger partial charge in [0.25, 0.3) is 0 Å². The molecule has 2 aliphatic carbocycles. The van der Waals surface area contributed by atoms with Crippen LogP contribution < -0.4 is 0 Å². The van der Waals surface area contributed by atoms with Crippen molar-refractivity contribution < 1.29 is 0 Å². The summed E-state index contributed by atoms with van der Waals surface area (Å²) in [6.45, 7) is 4.48. The van der Waals surface area contributed by atoms with Gasteiger partial charge in [-0.1, -0.05) is 29.8 Å². The number of hydrogen-bond donors (Lipinski definition) is 0. The zero-order chi connectivity index (χ0) is 9.69. The van der Waals surface area contributed by atoms with E-state index in [4.69, 9.17) is 0 Å². The highest BCUT2D eigenvalue weighted by atomic mass is 79.9. The van der Waals surface area contributed by atoms with Crippen molar-refractivity contribution in [2.75, 3.05) is 0 Å². The summed E-state index contributed by atoms with van der Waals surface area (Å²) in [6.07, 6.45) is 3.44. The maximum Gasteiger partial charge on any atom is 0.306 e. The van der Waals surface area contributed by atoms with Gasteiger partial charge in [-0.25, -0.2) is 0 Å². The highest BCUT2D eigenvalue weighted by molar-refractivity contribution is 9.09. The van der Waals surface area contributed by atoms with Crippen LogP contribution in [0.3, 0.4) is 0 Å². The van der Waals surface area contributed by atoms with Gasteiger partial charge in [0.15, 0.2) is 0 Å². The third-order valence-electron chi connectivity index (χ3n) is 4.33. The lowest BCUT2D eigenvalue weighted by molar-refractivity contribution is 0.201. The molecule has 2 nitrogen and oxygen atoms in total. The van der Waals surface area contributed by atoms with E-state index in [0.717, 1.165) is 18.8 Å². The fourth-order valence-electron chi connectivity index (χ4n) is 3.22. The lowest BCUT2D eigenvalue weighted by Crippen LogP contribution is -2.34. The van der Waals surface area contributed by atoms with E-state index in [9.17, 15) is 5.21 Å². The summed E-state index contributed by atoms with van der Waals surface area (Å²) in [4.78, 5) is 0.395. The zero-order valence-electron chi connectivity index (χ0n) is 8.01. The van der Waals surface area contributed by atoms with Gasteiger partial charge in [0, 0.05) is 9.84 Å². The summed E-state index contributed by atoms with van der Waals surface area (Å²) in [5.41, 5.74) is 0.0918. The second kappa shape index (κ2) is 2.63. The summed E-state index contributed by atoms with van der Waals surface area (Å²) in [5.74, 6) is 0.728. The zero-order valence-corrected chi connectivity index (χ0v) is 9.60. The van der Waals surface area contributed by atoms with Crippen LogP contribution in [0.15, 0.2) is 0 Å². The molecule has 0 saturated heterocycles. The minimum Gasteiger partial charge on any atom is -0.498 e. The van der Waals surface area contributed by atoms with Crippen molar-refractivity contribution >= 4 is 15.9 Å². The van der Waals surface area contributed by atoms with E-state index in [1.807, 2.05) is 0 Å². The van der Waals surface area contributed by atoms with E-state index < -0.39 is 0 Å². The van der Waals surface area contributed by atoms with Gasteiger partial charge in [-0.2, -0.15) is 0 Å². The van der Waals surface area contributed by atoms with Crippen LogP contribution in [0, 0.1) is 28.0 Å². The predicted molar refractivity (Wildman–Crippen MR) is 56.9 cm³/mol. The molecule has 2 saturated carbocycles. The van der Waals surface area contributed by atoms with Crippen LogP contribution in [-0.2, 0) is 0 Å². The van der Waals surface area contributed by atoms with Crippen molar-refractivity contribution in [2.45, 2.75) is 37.9 Å². The van der Waals surface area contributed by atoms with Gasteiger partial charge in [-0.15, -0.1) is 0 Å². The highest BCUT2D eigenvalue weighted by Gasteiger charge is 2.66. The van der Waals surface area contributed by atoms with Crippen LogP contribution in [0.2, 0.25) is 0 Å². The molecular formula is C10H14BrNO. The molecule has 0 heterocycles. The summed E-state index contributed by atoms with van der Waals surface area (Å²) in [6, 6.07) is 2.81. The van der Waals surface area contributed by atoms with Crippen molar-refractivity contribution in [2.24, 2.45) is 16.7 Å². The van der Waals surface area contributed by atoms with Crippen molar-refractivity contribution in [1.29, 1.82) is 0 Å². The minimum absolute atomic E-state index is 0.0978. The molecule has 2 rings (SSSR count). The first-order chi connectivity index (χ1) is 6.04. The fraction of sp³-hybridized carbons (Fsp3) is 0.900. The molecule has 13 heavy (non-hydrogen) atoms. The number of hydrogen-bond acceptors (Lipinski definition) is 1. The minimum atomic E-state index is -0.0978. The van der Waals surface area contributed by atoms with E-state index in [1.165, 1.54) is 6.42 Å². The summed E-state index contributed by atoms with van der Waals surface area (Å²) in [7, 11) is 0. The lowest BCUT2D eigenvalue weighted by Gasteiger charge is -2.30. The van der Waals surface area contributed by atoms with Crippen molar-refractivity contribution in [3.8, 4) is 6.07 Å². The van der Waals surface area contributed by atoms with Crippen LogP contribution in [0.4, 0.5) is 0 Å². The molecule has 0 aliphatic heterocycles. The molecule has 3 heteroatoms. The average molecular weight is 244 g/mol. The Labute approximate surface area is 87.2 Å². The van der Waals surface area contributed by atoms with E-state index in [1.54, 1.807) is 0 Å². The van der Waals surface area contributed by atoms with E-state index in [0.29, 0.717) is 4.83 Å². The molecule has 3 atom stereocenters. The van der Waals surface area contributed by atoms with Crippen LogP contribution in [0.1, 0.15) is 33.1 Å². The lowest BCUT2D eigenvalue weighted by atomic mass is 9.70. The third kappa shape index (κ3) is 0.929. The fourth-order valence-corrected chi connectivity index (χ4v) is 4.60. The third-order valence-corrected chi connectivity index (χ3v) is 5.48.